The van der Waals surface area contributed by atoms with Gasteiger partial charge in [0, 0.05) is 18.4 Å². The molecule has 2 heterocycles. The van der Waals surface area contributed by atoms with E-state index in [1.807, 2.05) is 31.2 Å². The Bertz CT molecular complexity index is 662. The number of nitrogens with one attached hydrogen (secondary N) is 2. The summed E-state index contributed by atoms with van der Waals surface area (Å²) < 4.78 is 0. The van der Waals surface area contributed by atoms with Crippen molar-refractivity contribution in [1.29, 1.82) is 0 Å². The highest BCUT2D eigenvalue weighted by Gasteiger charge is 2.31. The minimum absolute atomic E-state index is 0.0463. The van der Waals surface area contributed by atoms with Gasteiger partial charge < -0.3 is 15.2 Å². The van der Waals surface area contributed by atoms with Crippen LogP contribution in [-0.4, -0.2) is 29.4 Å². The Morgan fingerprint density at radius 3 is 2.73 bits per heavy atom. The Balaban J connectivity index is 1.72. The molecule has 1 aromatic heterocycles. The van der Waals surface area contributed by atoms with E-state index in [9.17, 15) is 9.59 Å². The maximum Gasteiger partial charge on any atom is 0.268 e. The Kier molecular flexibility index (Phi) is 3.96. The fourth-order valence-electron chi connectivity index (χ4n) is 2.70. The molecule has 2 N–H and O–H groups in total. The van der Waals surface area contributed by atoms with Crippen molar-refractivity contribution >= 4 is 17.5 Å². The molecular weight excluding hydrogens is 278 g/mol. The maximum absolute atomic E-state index is 12.6. The lowest BCUT2D eigenvalue weighted by atomic mass is 10.0. The van der Waals surface area contributed by atoms with Crippen molar-refractivity contribution in [3.63, 3.8) is 0 Å². The zero-order chi connectivity index (χ0) is 15.5. The summed E-state index contributed by atoms with van der Waals surface area (Å²) in [6.07, 6.45) is 3.24. The van der Waals surface area contributed by atoms with Crippen LogP contribution in [0.25, 0.3) is 0 Å². The smallest absolute Gasteiger partial charge is 0.268 e. The summed E-state index contributed by atoms with van der Waals surface area (Å²) in [4.78, 5) is 29.3. The van der Waals surface area contributed by atoms with Crippen LogP contribution in [0.3, 0.4) is 0 Å². The van der Waals surface area contributed by atoms with E-state index >= 15 is 0 Å². The molecule has 1 fully saturated rings. The number of carbonyl (C=O) groups excluding carboxylic acids is 2. The SMILES string of the molecule is Cc1ccc(N2CCC[C@@H](NC(=O)c3ccc[nH]3)C2=O)cc1. The first-order valence-electron chi connectivity index (χ1n) is 7.47. The van der Waals surface area contributed by atoms with Gasteiger partial charge in [-0.15, -0.1) is 0 Å². The molecule has 2 amide bonds. The molecule has 0 saturated carbocycles. The quantitative estimate of drug-likeness (QED) is 0.912. The van der Waals surface area contributed by atoms with Crippen molar-refractivity contribution in [1.82, 2.24) is 10.3 Å². The first kappa shape index (κ1) is 14.4. The molecule has 1 atom stereocenters. The number of rotatable bonds is 3. The predicted molar refractivity (Wildman–Crippen MR) is 84.8 cm³/mol. The number of aromatic nitrogens is 1. The summed E-state index contributed by atoms with van der Waals surface area (Å²) in [7, 11) is 0. The van der Waals surface area contributed by atoms with E-state index in [0.717, 1.165) is 17.7 Å². The molecule has 1 aromatic carbocycles. The third kappa shape index (κ3) is 2.88. The standard InChI is InChI=1S/C17H19N3O2/c1-12-6-8-13(9-7-12)20-11-3-5-15(17(20)22)19-16(21)14-4-2-10-18-14/h2,4,6-10,15,18H,3,5,11H2,1H3,(H,19,21)/t15-/m1/s1. The number of piperidine rings is 1. The second-order valence-electron chi connectivity index (χ2n) is 5.58. The number of amides is 2. The number of benzene rings is 1. The maximum atomic E-state index is 12.6. The van der Waals surface area contributed by atoms with Crippen LogP contribution < -0.4 is 10.2 Å². The van der Waals surface area contributed by atoms with Crippen molar-refractivity contribution in [2.24, 2.45) is 0 Å². The van der Waals surface area contributed by atoms with Crippen molar-refractivity contribution < 1.29 is 9.59 Å². The average Bonchev–Trinajstić information content (AvgIpc) is 3.05. The normalized spacial score (nSPS) is 18.3. The molecular formula is C17H19N3O2. The van der Waals surface area contributed by atoms with Gasteiger partial charge in [0.15, 0.2) is 0 Å². The van der Waals surface area contributed by atoms with Gasteiger partial charge in [-0.25, -0.2) is 0 Å². The largest absolute Gasteiger partial charge is 0.357 e. The number of nitrogens with zero attached hydrogens (tertiary/aromatic N) is 1. The van der Waals surface area contributed by atoms with Crippen molar-refractivity contribution in [3.8, 4) is 0 Å². The molecule has 1 aliphatic heterocycles. The Morgan fingerprint density at radius 2 is 2.05 bits per heavy atom. The van der Waals surface area contributed by atoms with Gasteiger partial charge in [0.25, 0.3) is 5.91 Å². The number of hydrogen-bond acceptors (Lipinski definition) is 2. The van der Waals surface area contributed by atoms with E-state index in [1.165, 1.54) is 0 Å². The summed E-state index contributed by atoms with van der Waals surface area (Å²) in [5, 5.41) is 2.82. The molecule has 0 bridgehead atoms. The van der Waals surface area contributed by atoms with Gasteiger partial charge in [0.1, 0.15) is 11.7 Å². The van der Waals surface area contributed by atoms with Crippen LogP contribution in [-0.2, 0) is 4.79 Å². The van der Waals surface area contributed by atoms with Crippen LogP contribution in [0.1, 0.15) is 28.9 Å². The molecule has 2 aromatic rings. The van der Waals surface area contributed by atoms with E-state index < -0.39 is 6.04 Å². The van der Waals surface area contributed by atoms with Gasteiger partial charge in [0.2, 0.25) is 5.91 Å². The number of carbonyl (C=O) groups is 2. The average molecular weight is 297 g/mol. The van der Waals surface area contributed by atoms with Crippen LogP contribution in [0.15, 0.2) is 42.6 Å². The molecule has 0 unspecified atom stereocenters. The molecule has 5 nitrogen and oxygen atoms in total. The minimum Gasteiger partial charge on any atom is -0.357 e. The van der Waals surface area contributed by atoms with Crippen LogP contribution in [0, 0.1) is 6.92 Å². The molecule has 1 saturated heterocycles. The van der Waals surface area contributed by atoms with Crippen LogP contribution >= 0.6 is 0 Å². The fraction of sp³-hybridized carbons (Fsp3) is 0.294. The Morgan fingerprint density at radius 1 is 1.27 bits per heavy atom. The van der Waals surface area contributed by atoms with Crippen molar-refractivity contribution in [2.45, 2.75) is 25.8 Å². The number of aryl methyl sites for hydroxylation is 1. The van der Waals surface area contributed by atoms with E-state index in [0.29, 0.717) is 18.7 Å². The van der Waals surface area contributed by atoms with E-state index in [4.69, 9.17) is 0 Å². The first-order chi connectivity index (χ1) is 10.6. The summed E-state index contributed by atoms with van der Waals surface area (Å²) in [5.41, 5.74) is 2.51. The lowest BCUT2D eigenvalue weighted by molar-refractivity contribution is -0.121. The van der Waals surface area contributed by atoms with Gasteiger partial charge in [-0.3, -0.25) is 9.59 Å². The van der Waals surface area contributed by atoms with Crippen LogP contribution in [0.5, 0.6) is 0 Å². The zero-order valence-corrected chi connectivity index (χ0v) is 12.5. The fourth-order valence-corrected chi connectivity index (χ4v) is 2.70. The molecule has 0 radical (unpaired) electrons. The second-order valence-corrected chi connectivity index (χ2v) is 5.58. The zero-order valence-electron chi connectivity index (χ0n) is 12.5. The lowest BCUT2D eigenvalue weighted by Gasteiger charge is -2.32. The van der Waals surface area contributed by atoms with Crippen LogP contribution in [0.2, 0.25) is 0 Å². The highest BCUT2D eigenvalue weighted by atomic mass is 16.2. The number of hydrogen-bond donors (Lipinski definition) is 2. The Labute approximate surface area is 129 Å². The number of H-pyrrole nitrogens is 1. The molecule has 0 spiro atoms. The van der Waals surface area contributed by atoms with Crippen molar-refractivity contribution in [2.75, 3.05) is 11.4 Å². The molecule has 1 aliphatic rings. The summed E-state index contributed by atoms with van der Waals surface area (Å²) in [6.45, 7) is 2.71. The Hall–Kier alpha value is -2.56. The third-order valence-electron chi connectivity index (χ3n) is 3.93. The molecule has 0 aliphatic carbocycles. The highest BCUT2D eigenvalue weighted by molar-refractivity contribution is 6.02. The van der Waals surface area contributed by atoms with E-state index in [-0.39, 0.29) is 11.8 Å². The predicted octanol–water partition coefficient (Wildman–Crippen LogP) is 2.25. The monoisotopic (exact) mass is 297 g/mol. The topological polar surface area (TPSA) is 65.2 Å². The number of anilines is 1. The van der Waals surface area contributed by atoms with E-state index in [2.05, 4.69) is 10.3 Å². The lowest BCUT2D eigenvalue weighted by Crippen LogP contribution is -2.52. The van der Waals surface area contributed by atoms with Gasteiger partial charge in [0.05, 0.1) is 0 Å². The molecule has 22 heavy (non-hydrogen) atoms. The summed E-state index contributed by atoms with van der Waals surface area (Å²) >= 11 is 0. The summed E-state index contributed by atoms with van der Waals surface area (Å²) in [5.74, 6) is -0.288. The van der Waals surface area contributed by atoms with Gasteiger partial charge in [-0.05, 0) is 44.0 Å². The molecule has 3 rings (SSSR count). The highest BCUT2D eigenvalue weighted by Crippen LogP contribution is 2.21. The van der Waals surface area contributed by atoms with Gasteiger partial charge in [-0.2, -0.15) is 0 Å². The first-order valence-corrected chi connectivity index (χ1v) is 7.47. The third-order valence-corrected chi connectivity index (χ3v) is 3.93. The minimum atomic E-state index is -0.467. The summed E-state index contributed by atoms with van der Waals surface area (Å²) in [6, 6.07) is 10.9. The molecule has 5 heteroatoms. The number of aromatic amines is 1. The van der Waals surface area contributed by atoms with E-state index in [1.54, 1.807) is 23.2 Å². The van der Waals surface area contributed by atoms with Gasteiger partial charge in [-0.1, -0.05) is 17.7 Å². The molecule has 114 valence electrons. The van der Waals surface area contributed by atoms with Gasteiger partial charge >= 0.3 is 0 Å². The van der Waals surface area contributed by atoms with Crippen molar-refractivity contribution in [3.05, 3.63) is 53.9 Å². The van der Waals surface area contributed by atoms with Crippen LogP contribution in [0.4, 0.5) is 5.69 Å². The second kappa shape index (κ2) is 6.05.